The van der Waals surface area contributed by atoms with Crippen LogP contribution in [0.5, 0.6) is 0 Å². The second-order valence-corrected chi connectivity index (χ2v) is 3.31. The van der Waals surface area contributed by atoms with Crippen LogP contribution in [0.15, 0.2) is 35.2 Å². The Balaban J connectivity index is 0.00000112. The van der Waals surface area contributed by atoms with E-state index >= 15 is 0 Å². The van der Waals surface area contributed by atoms with Gasteiger partial charge < -0.3 is 9.90 Å². The number of fused-ring (bicyclic) bond motifs is 1. The van der Waals surface area contributed by atoms with E-state index in [1.165, 1.54) is 6.07 Å². The fourth-order valence-electron chi connectivity index (χ4n) is 1.25. The smallest absolute Gasteiger partial charge is 0.543 e. The summed E-state index contributed by atoms with van der Waals surface area (Å²) in [6.45, 7) is 0. The first-order chi connectivity index (χ1) is 6.68. The summed E-state index contributed by atoms with van der Waals surface area (Å²) in [5.41, 5.74) is 0.511. The molecule has 2 rings (SSSR count). The van der Waals surface area contributed by atoms with Crippen molar-refractivity contribution in [2.24, 2.45) is 0 Å². The molecule has 1 aromatic carbocycles. The van der Waals surface area contributed by atoms with Crippen LogP contribution in [-0.2, 0) is 0 Å². The number of nitrogens with zero attached hydrogens (tertiary/aromatic N) is 1. The van der Waals surface area contributed by atoms with E-state index in [4.69, 9.17) is 0 Å². The Bertz CT molecular complexity index is 516. The zero-order valence-corrected chi connectivity index (χ0v) is 12.1. The fourth-order valence-corrected chi connectivity index (χ4v) is 1.51. The molecule has 70 valence electrons. The van der Waals surface area contributed by atoms with Crippen molar-refractivity contribution in [2.75, 3.05) is 0 Å². The monoisotopic (exact) mass is 243 g/mol. The number of carboxylic acids is 1. The second-order valence-electron chi connectivity index (χ2n) is 2.83. The molecule has 0 unspecified atom stereocenters. The molecule has 0 saturated heterocycles. The van der Waals surface area contributed by atoms with Crippen molar-refractivity contribution in [3.63, 3.8) is 0 Å². The Labute approximate surface area is 135 Å². The Morgan fingerprint density at radius 3 is 2.67 bits per heavy atom. The van der Waals surface area contributed by atoms with Crippen molar-refractivity contribution in [3.05, 3.63) is 36.0 Å². The van der Waals surface area contributed by atoms with E-state index in [1.54, 1.807) is 12.1 Å². The molecule has 5 heteroatoms. The number of hydrogen-bond acceptors (Lipinski definition) is 4. The van der Waals surface area contributed by atoms with Crippen LogP contribution in [0.4, 0.5) is 0 Å². The number of hydrogen-bond donors (Lipinski definition) is 1. The van der Waals surface area contributed by atoms with Gasteiger partial charge in [-0.2, -0.15) is 0 Å². The van der Waals surface area contributed by atoms with Crippen molar-refractivity contribution in [1.29, 1.82) is 0 Å². The van der Waals surface area contributed by atoms with Crippen molar-refractivity contribution < 1.29 is 61.3 Å². The van der Waals surface area contributed by atoms with E-state index < -0.39 is 5.97 Å². The van der Waals surface area contributed by atoms with Gasteiger partial charge in [-0.25, -0.2) is 4.98 Å². The van der Waals surface area contributed by atoms with Gasteiger partial charge in [0.1, 0.15) is 0 Å². The van der Waals surface area contributed by atoms with Gasteiger partial charge in [0.05, 0.1) is 17.2 Å². The first-order valence-electron chi connectivity index (χ1n) is 3.98. The van der Waals surface area contributed by atoms with E-state index in [0.29, 0.717) is 10.4 Å². The third-order valence-electron chi connectivity index (χ3n) is 1.91. The van der Waals surface area contributed by atoms with Gasteiger partial charge in [-0.1, -0.05) is 18.2 Å². The molecule has 0 bridgehead atoms. The number of aromatic nitrogens is 1. The topological polar surface area (TPSA) is 53.0 Å². The third-order valence-corrected chi connectivity index (χ3v) is 2.27. The van der Waals surface area contributed by atoms with Crippen LogP contribution in [-0.4, -0.2) is 11.0 Å². The van der Waals surface area contributed by atoms with Gasteiger partial charge in [-0.05, 0) is 12.1 Å². The zero-order valence-electron chi connectivity index (χ0n) is 8.10. The minimum absolute atomic E-state index is 0. The maximum absolute atomic E-state index is 10.6. The number of thiol groups is 1. The average Bonchev–Trinajstić information content (AvgIpc) is 2.18. The van der Waals surface area contributed by atoms with Crippen LogP contribution < -0.4 is 56.5 Å². The maximum atomic E-state index is 10.6. The van der Waals surface area contributed by atoms with Crippen molar-refractivity contribution in [3.8, 4) is 0 Å². The van der Waals surface area contributed by atoms with Gasteiger partial charge >= 0.3 is 51.4 Å². The molecule has 15 heavy (non-hydrogen) atoms. The Hall–Kier alpha value is 0.0864. The first kappa shape index (κ1) is 13.2. The SMILES string of the molecule is O=C([O-])c1ccc2cccc(S)c2n1.[K+]. The summed E-state index contributed by atoms with van der Waals surface area (Å²) < 4.78 is 0. The average molecular weight is 243 g/mol. The number of carboxylic acid groups (broad SMARTS) is 1. The van der Waals surface area contributed by atoms with Crippen LogP contribution >= 0.6 is 12.6 Å². The molecule has 0 amide bonds. The normalized spacial score (nSPS) is 9.67. The molecule has 0 radical (unpaired) electrons. The van der Waals surface area contributed by atoms with Crippen molar-refractivity contribution in [1.82, 2.24) is 4.98 Å². The molecule has 0 atom stereocenters. The molecule has 2 aromatic rings. The summed E-state index contributed by atoms with van der Waals surface area (Å²) in [6, 6.07) is 8.56. The predicted octanol–water partition coefficient (Wildman–Crippen LogP) is -2.11. The van der Waals surface area contributed by atoms with E-state index in [-0.39, 0.29) is 57.1 Å². The summed E-state index contributed by atoms with van der Waals surface area (Å²) in [6.07, 6.45) is 0. The summed E-state index contributed by atoms with van der Waals surface area (Å²) in [5.74, 6) is -1.27. The molecule has 0 N–H and O–H groups in total. The molecule has 0 fully saturated rings. The number of carbonyl (C=O) groups is 1. The van der Waals surface area contributed by atoms with Crippen LogP contribution in [0, 0.1) is 0 Å². The van der Waals surface area contributed by atoms with Gasteiger partial charge in [0, 0.05) is 10.3 Å². The standard InChI is InChI=1S/C10H7NO2S.K/c12-10(13)7-5-4-6-2-1-3-8(14)9(6)11-7;/h1-5,14H,(H,12,13);/q;+1/p-1. The fraction of sp³-hybridized carbons (Fsp3) is 0. The molecular formula is C10H6KNO2S. The van der Waals surface area contributed by atoms with Crippen LogP contribution in [0.1, 0.15) is 10.5 Å². The van der Waals surface area contributed by atoms with Gasteiger partial charge in [0.15, 0.2) is 0 Å². The first-order valence-corrected chi connectivity index (χ1v) is 4.43. The van der Waals surface area contributed by atoms with Crippen LogP contribution in [0.2, 0.25) is 0 Å². The number of carbonyl (C=O) groups excluding carboxylic acids is 1. The van der Waals surface area contributed by atoms with Crippen molar-refractivity contribution in [2.45, 2.75) is 4.90 Å². The van der Waals surface area contributed by atoms with Crippen molar-refractivity contribution >= 4 is 29.5 Å². The molecule has 0 spiro atoms. The summed E-state index contributed by atoms with van der Waals surface area (Å²) >= 11 is 4.19. The van der Waals surface area contributed by atoms with Gasteiger partial charge in [-0.15, -0.1) is 12.6 Å². The zero-order chi connectivity index (χ0) is 10.1. The number of aromatic carboxylic acids is 1. The number of rotatable bonds is 1. The second kappa shape index (κ2) is 5.43. The summed E-state index contributed by atoms with van der Waals surface area (Å²) in [7, 11) is 0. The largest absolute Gasteiger partial charge is 1.00 e. The molecule has 0 aliphatic heterocycles. The number of pyridine rings is 1. The van der Waals surface area contributed by atoms with E-state index in [9.17, 15) is 9.90 Å². The van der Waals surface area contributed by atoms with Gasteiger partial charge in [-0.3, -0.25) is 0 Å². The molecule has 0 aliphatic rings. The molecule has 0 aliphatic carbocycles. The Morgan fingerprint density at radius 1 is 1.27 bits per heavy atom. The number of benzene rings is 1. The maximum Gasteiger partial charge on any atom is 1.00 e. The van der Waals surface area contributed by atoms with Crippen LogP contribution in [0.25, 0.3) is 10.9 Å². The number of para-hydroxylation sites is 1. The molecule has 1 heterocycles. The quantitative estimate of drug-likeness (QED) is 0.461. The van der Waals surface area contributed by atoms with E-state index in [0.717, 1.165) is 5.39 Å². The van der Waals surface area contributed by atoms with E-state index in [2.05, 4.69) is 17.6 Å². The molecule has 0 saturated carbocycles. The Morgan fingerprint density at radius 2 is 2.00 bits per heavy atom. The predicted molar refractivity (Wildman–Crippen MR) is 53.3 cm³/mol. The van der Waals surface area contributed by atoms with Gasteiger partial charge in [0.25, 0.3) is 0 Å². The Kier molecular flexibility index (Phi) is 4.76. The third kappa shape index (κ3) is 2.80. The minimum Gasteiger partial charge on any atom is -0.543 e. The molecule has 3 nitrogen and oxygen atoms in total. The van der Waals surface area contributed by atoms with Gasteiger partial charge in [0.2, 0.25) is 0 Å². The summed E-state index contributed by atoms with van der Waals surface area (Å²) in [4.78, 5) is 15.2. The molecular weight excluding hydrogens is 237 g/mol. The minimum atomic E-state index is -1.27. The van der Waals surface area contributed by atoms with Crippen LogP contribution in [0.3, 0.4) is 0 Å². The summed E-state index contributed by atoms with van der Waals surface area (Å²) in [5, 5.41) is 11.4. The van der Waals surface area contributed by atoms with E-state index in [1.807, 2.05) is 12.1 Å². The molecule has 1 aromatic heterocycles.